The number of carbonyl (C=O) groups excluding carboxylic acids is 2. The van der Waals surface area contributed by atoms with Gasteiger partial charge in [0.2, 0.25) is 5.91 Å². The molecule has 2 rings (SSSR count). The van der Waals surface area contributed by atoms with Crippen molar-refractivity contribution in [2.45, 2.75) is 38.5 Å². The van der Waals surface area contributed by atoms with Crippen LogP contribution in [0.25, 0.3) is 0 Å². The van der Waals surface area contributed by atoms with E-state index in [0.717, 1.165) is 5.75 Å². The molecule has 0 aliphatic carbocycles. The molecular formula is C18H27N3O4. The molecule has 7 nitrogen and oxygen atoms in total. The van der Waals surface area contributed by atoms with E-state index in [1.54, 1.807) is 12.0 Å². The van der Waals surface area contributed by atoms with Crippen LogP contribution in [0.5, 0.6) is 5.75 Å². The van der Waals surface area contributed by atoms with Gasteiger partial charge in [-0.3, -0.25) is 4.79 Å². The lowest BCUT2D eigenvalue weighted by atomic mass is 10.2. The van der Waals surface area contributed by atoms with Crippen LogP contribution >= 0.6 is 0 Å². The Morgan fingerprint density at radius 3 is 2.64 bits per heavy atom. The SMILES string of the molecule is COCCNC(=O)C1CC(Oc2ccccc2)CN1C(=O)NC(C)C. The molecule has 2 atom stereocenters. The van der Waals surface area contributed by atoms with Gasteiger partial charge in [-0.2, -0.15) is 0 Å². The van der Waals surface area contributed by atoms with Gasteiger partial charge < -0.3 is 25.0 Å². The quantitative estimate of drug-likeness (QED) is 0.729. The molecule has 1 aliphatic heterocycles. The highest BCUT2D eigenvalue weighted by Crippen LogP contribution is 2.23. The lowest BCUT2D eigenvalue weighted by molar-refractivity contribution is -0.124. The number of benzene rings is 1. The van der Waals surface area contributed by atoms with E-state index in [9.17, 15) is 9.59 Å². The summed E-state index contributed by atoms with van der Waals surface area (Å²) in [5.74, 6) is 0.548. The van der Waals surface area contributed by atoms with Crippen LogP contribution in [0, 0.1) is 0 Å². The standard InChI is InChI=1S/C18H27N3O4/c1-13(2)20-18(23)21-12-15(25-14-7-5-4-6-8-14)11-16(21)17(22)19-9-10-24-3/h4-8,13,15-16H,9-12H2,1-3H3,(H,19,22)(H,20,23). The second-order valence-corrected chi connectivity index (χ2v) is 6.34. The number of para-hydroxylation sites is 1. The maximum absolute atomic E-state index is 12.5. The number of rotatable bonds is 7. The van der Waals surface area contributed by atoms with E-state index in [1.165, 1.54) is 0 Å². The van der Waals surface area contributed by atoms with Crippen molar-refractivity contribution in [1.29, 1.82) is 0 Å². The Morgan fingerprint density at radius 1 is 1.28 bits per heavy atom. The first-order chi connectivity index (χ1) is 12.0. The van der Waals surface area contributed by atoms with Crippen LogP contribution < -0.4 is 15.4 Å². The third-order valence-corrected chi connectivity index (χ3v) is 3.89. The number of carbonyl (C=O) groups is 2. The normalized spacial score (nSPS) is 19.8. The molecule has 138 valence electrons. The van der Waals surface area contributed by atoms with Crippen molar-refractivity contribution in [3.8, 4) is 5.75 Å². The topological polar surface area (TPSA) is 79.9 Å². The largest absolute Gasteiger partial charge is 0.488 e. The summed E-state index contributed by atoms with van der Waals surface area (Å²) >= 11 is 0. The molecule has 0 aromatic heterocycles. The minimum Gasteiger partial charge on any atom is -0.488 e. The van der Waals surface area contributed by atoms with E-state index in [1.807, 2.05) is 44.2 Å². The molecule has 2 N–H and O–H groups in total. The number of likely N-dealkylation sites (tertiary alicyclic amines) is 1. The minimum absolute atomic E-state index is 0.00112. The van der Waals surface area contributed by atoms with Crippen molar-refractivity contribution in [2.75, 3.05) is 26.8 Å². The number of amides is 3. The Balaban J connectivity index is 2.04. The molecule has 1 aromatic rings. The molecule has 1 fully saturated rings. The van der Waals surface area contributed by atoms with Crippen LogP contribution in [0.15, 0.2) is 30.3 Å². The fraction of sp³-hybridized carbons (Fsp3) is 0.556. The van der Waals surface area contributed by atoms with Crippen LogP contribution in [-0.4, -0.2) is 61.8 Å². The van der Waals surface area contributed by atoms with E-state index >= 15 is 0 Å². The van der Waals surface area contributed by atoms with Crippen molar-refractivity contribution in [1.82, 2.24) is 15.5 Å². The number of nitrogens with zero attached hydrogens (tertiary/aromatic N) is 1. The van der Waals surface area contributed by atoms with Gasteiger partial charge in [-0.05, 0) is 26.0 Å². The molecule has 1 heterocycles. The van der Waals surface area contributed by atoms with Gasteiger partial charge >= 0.3 is 6.03 Å². The van der Waals surface area contributed by atoms with E-state index < -0.39 is 6.04 Å². The summed E-state index contributed by atoms with van der Waals surface area (Å²) in [7, 11) is 1.58. The second-order valence-electron chi connectivity index (χ2n) is 6.34. The Labute approximate surface area is 148 Å². The van der Waals surface area contributed by atoms with Crippen molar-refractivity contribution < 1.29 is 19.1 Å². The summed E-state index contributed by atoms with van der Waals surface area (Å²) in [5.41, 5.74) is 0. The first kappa shape index (κ1) is 19.1. The summed E-state index contributed by atoms with van der Waals surface area (Å²) < 4.78 is 10.9. The summed E-state index contributed by atoms with van der Waals surface area (Å²) in [6.07, 6.45) is 0.234. The third kappa shape index (κ3) is 5.63. The Hall–Kier alpha value is -2.28. The van der Waals surface area contributed by atoms with Crippen molar-refractivity contribution in [2.24, 2.45) is 0 Å². The summed E-state index contributed by atoms with van der Waals surface area (Å²) in [5, 5.41) is 5.65. The summed E-state index contributed by atoms with van der Waals surface area (Å²) in [6.45, 7) is 4.99. The van der Waals surface area contributed by atoms with Gasteiger partial charge in [-0.1, -0.05) is 18.2 Å². The molecule has 25 heavy (non-hydrogen) atoms. The highest BCUT2D eigenvalue weighted by molar-refractivity contribution is 5.87. The van der Waals surface area contributed by atoms with Crippen LogP contribution in [0.3, 0.4) is 0 Å². The second kappa shape index (κ2) is 9.27. The van der Waals surface area contributed by atoms with Gasteiger partial charge in [-0.15, -0.1) is 0 Å². The zero-order chi connectivity index (χ0) is 18.2. The van der Waals surface area contributed by atoms with Crippen LogP contribution in [0.1, 0.15) is 20.3 Å². The third-order valence-electron chi connectivity index (χ3n) is 3.89. The smallest absolute Gasteiger partial charge is 0.318 e. The van der Waals surface area contributed by atoms with Crippen LogP contribution in [0.2, 0.25) is 0 Å². The van der Waals surface area contributed by atoms with Gasteiger partial charge in [0.25, 0.3) is 0 Å². The number of methoxy groups -OCH3 is 1. The van der Waals surface area contributed by atoms with Gasteiger partial charge in [0.05, 0.1) is 13.2 Å². The summed E-state index contributed by atoms with van der Waals surface area (Å²) in [4.78, 5) is 26.5. The molecule has 1 saturated heterocycles. The van der Waals surface area contributed by atoms with Crippen molar-refractivity contribution >= 4 is 11.9 Å². The molecule has 7 heteroatoms. The highest BCUT2D eigenvalue weighted by Gasteiger charge is 2.40. The molecule has 0 saturated carbocycles. The average molecular weight is 349 g/mol. The highest BCUT2D eigenvalue weighted by atomic mass is 16.5. The minimum atomic E-state index is -0.552. The number of urea groups is 1. The zero-order valence-electron chi connectivity index (χ0n) is 15.0. The van der Waals surface area contributed by atoms with E-state index in [-0.39, 0.29) is 24.1 Å². The maximum atomic E-state index is 12.5. The van der Waals surface area contributed by atoms with E-state index in [2.05, 4.69) is 10.6 Å². The molecule has 1 aliphatic rings. The average Bonchev–Trinajstić information content (AvgIpc) is 2.99. The molecule has 1 aromatic carbocycles. The molecule has 3 amide bonds. The van der Waals surface area contributed by atoms with E-state index in [4.69, 9.17) is 9.47 Å². The van der Waals surface area contributed by atoms with Crippen molar-refractivity contribution in [3.05, 3.63) is 30.3 Å². The Kier molecular flexibility index (Phi) is 7.06. The van der Waals surface area contributed by atoms with E-state index in [0.29, 0.717) is 26.1 Å². The van der Waals surface area contributed by atoms with Gasteiger partial charge in [0, 0.05) is 26.1 Å². The number of nitrogens with one attached hydrogen (secondary N) is 2. The molecular weight excluding hydrogens is 322 g/mol. The summed E-state index contributed by atoms with van der Waals surface area (Å²) in [6, 6.07) is 8.62. The van der Waals surface area contributed by atoms with Gasteiger partial charge in [-0.25, -0.2) is 4.79 Å². The number of hydrogen-bond acceptors (Lipinski definition) is 4. The predicted molar refractivity (Wildman–Crippen MR) is 94.5 cm³/mol. The van der Waals surface area contributed by atoms with Gasteiger partial charge in [0.1, 0.15) is 17.9 Å². The fourth-order valence-corrected chi connectivity index (χ4v) is 2.77. The number of ether oxygens (including phenoxy) is 2. The zero-order valence-corrected chi connectivity index (χ0v) is 15.0. The lowest BCUT2D eigenvalue weighted by Crippen LogP contribution is -2.51. The maximum Gasteiger partial charge on any atom is 0.318 e. The van der Waals surface area contributed by atoms with Crippen LogP contribution in [-0.2, 0) is 9.53 Å². The fourth-order valence-electron chi connectivity index (χ4n) is 2.77. The molecule has 2 unspecified atom stereocenters. The first-order valence-electron chi connectivity index (χ1n) is 8.56. The Bertz CT molecular complexity index is 565. The van der Waals surface area contributed by atoms with Gasteiger partial charge in [0.15, 0.2) is 0 Å². The molecule has 0 spiro atoms. The van der Waals surface area contributed by atoms with Crippen LogP contribution in [0.4, 0.5) is 4.79 Å². The predicted octanol–water partition coefficient (Wildman–Crippen LogP) is 1.39. The monoisotopic (exact) mass is 349 g/mol. The first-order valence-corrected chi connectivity index (χ1v) is 8.56. The van der Waals surface area contributed by atoms with Crippen molar-refractivity contribution in [3.63, 3.8) is 0 Å². The lowest BCUT2D eigenvalue weighted by Gasteiger charge is -2.25. The number of hydrogen-bond donors (Lipinski definition) is 2. The molecule has 0 bridgehead atoms. The Morgan fingerprint density at radius 2 is 2.00 bits per heavy atom. The molecule has 0 radical (unpaired) electrons.